The van der Waals surface area contributed by atoms with Gasteiger partial charge in [0.25, 0.3) is 0 Å². The number of aliphatic imine (C=N–C) groups is 1. The van der Waals surface area contributed by atoms with E-state index in [2.05, 4.69) is 45.3 Å². The topological polar surface area (TPSA) is 62.4 Å². The van der Waals surface area contributed by atoms with E-state index in [-0.39, 0.29) is 24.0 Å². The number of nitrogens with two attached hydrogens (primary N) is 1. The summed E-state index contributed by atoms with van der Waals surface area (Å²) in [7, 11) is 0. The molecular weight excluding hydrogens is 407 g/mol. The fourth-order valence-corrected chi connectivity index (χ4v) is 2.60. The molecule has 120 valence electrons. The number of hydrogen-bond donors (Lipinski definition) is 3. The molecule has 4 N–H and O–H groups in total. The van der Waals surface area contributed by atoms with E-state index in [9.17, 15) is 0 Å². The highest BCUT2D eigenvalue weighted by molar-refractivity contribution is 14.0. The van der Waals surface area contributed by atoms with Crippen LogP contribution in [0.3, 0.4) is 0 Å². The Labute approximate surface area is 153 Å². The molecular formula is C16H23IN4S. The van der Waals surface area contributed by atoms with Crippen molar-refractivity contribution >= 4 is 47.0 Å². The van der Waals surface area contributed by atoms with Crippen molar-refractivity contribution in [3.05, 3.63) is 52.7 Å². The molecule has 0 atom stereocenters. The number of nitrogens with zero attached hydrogens (tertiary/aromatic N) is 1. The van der Waals surface area contributed by atoms with Gasteiger partial charge < -0.3 is 16.4 Å². The first-order chi connectivity index (χ1) is 10.3. The van der Waals surface area contributed by atoms with Crippen molar-refractivity contribution in [3.63, 3.8) is 0 Å². The minimum atomic E-state index is 0. The first-order valence-electron chi connectivity index (χ1n) is 7.20. The Hall–Kier alpha value is -1.28. The van der Waals surface area contributed by atoms with Crippen LogP contribution in [0.15, 0.2) is 52.8 Å². The maximum atomic E-state index is 5.83. The summed E-state index contributed by atoms with van der Waals surface area (Å²) in [5.74, 6) is 0.534. The summed E-state index contributed by atoms with van der Waals surface area (Å²) in [6.45, 7) is 2.46. The molecule has 0 saturated carbocycles. The molecule has 0 unspecified atom stereocenters. The average Bonchev–Trinajstić information content (AvgIpc) is 3.01. The van der Waals surface area contributed by atoms with Gasteiger partial charge in [-0.15, -0.1) is 35.3 Å². The molecule has 0 amide bonds. The first-order valence-corrected chi connectivity index (χ1v) is 8.07. The van der Waals surface area contributed by atoms with Gasteiger partial charge in [-0.1, -0.05) is 24.3 Å². The normalized spacial score (nSPS) is 10.8. The number of thiophene rings is 1. The second-order valence-corrected chi connectivity index (χ2v) is 5.70. The van der Waals surface area contributed by atoms with E-state index in [1.807, 2.05) is 18.2 Å². The lowest BCUT2D eigenvalue weighted by atomic mass is 10.3. The van der Waals surface area contributed by atoms with Crippen molar-refractivity contribution in [2.24, 2.45) is 10.7 Å². The van der Waals surface area contributed by atoms with E-state index in [1.54, 1.807) is 11.3 Å². The van der Waals surface area contributed by atoms with Crippen molar-refractivity contribution in [1.29, 1.82) is 0 Å². The highest BCUT2D eigenvalue weighted by Crippen LogP contribution is 2.08. The SMILES string of the molecule is I.NC(=NCCCNc1ccccc1)NCCc1cccs1. The molecule has 1 aromatic heterocycles. The quantitative estimate of drug-likeness (QED) is 0.261. The summed E-state index contributed by atoms with van der Waals surface area (Å²) in [4.78, 5) is 5.68. The molecule has 0 spiro atoms. The highest BCUT2D eigenvalue weighted by atomic mass is 127. The van der Waals surface area contributed by atoms with Crippen LogP contribution in [0, 0.1) is 0 Å². The molecule has 1 aromatic carbocycles. The lowest BCUT2D eigenvalue weighted by Gasteiger charge is -2.06. The number of para-hydroxylation sites is 1. The highest BCUT2D eigenvalue weighted by Gasteiger charge is 1.95. The third-order valence-electron chi connectivity index (χ3n) is 2.98. The number of guanidine groups is 1. The maximum Gasteiger partial charge on any atom is 0.188 e. The summed E-state index contributed by atoms with van der Waals surface area (Å²) in [6.07, 6.45) is 1.95. The van der Waals surface area contributed by atoms with Crippen LogP contribution in [-0.2, 0) is 6.42 Å². The van der Waals surface area contributed by atoms with E-state index in [0.717, 1.165) is 38.2 Å². The minimum absolute atomic E-state index is 0. The predicted octanol–water partition coefficient (Wildman–Crippen LogP) is 3.32. The number of benzene rings is 1. The summed E-state index contributed by atoms with van der Waals surface area (Å²) >= 11 is 1.77. The second-order valence-electron chi connectivity index (χ2n) is 4.67. The Balaban J connectivity index is 0.00000242. The van der Waals surface area contributed by atoms with Gasteiger partial charge in [-0.3, -0.25) is 4.99 Å². The largest absolute Gasteiger partial charge is 0.385 e. The third kappa shape index (κ3) is 7.65. The number of anilines is 1. The smallest absolute Gasteiger partial charge is 0.188 e. The van der Waals surface area contributed by atoms with Crippen molar-refractivity contribution in [2.45, 2.75) is 12.8 Å². The standard InChI is InChI=1S/C16H22N4S.HI/c17-16(20-12-9-15-8-4-13-21-15)19-11-5-10-18-14-6-2-1-3-7-14;/h1-4,6-8,13,18H,5,9-12H2,(H3,17,19,20);1H. The third-order valence-corrected chi connectivity index (χ3v) is 3.91. The van der Waals surface area contributed by atoms with Crippen LogP contribution in [0.2, 0.25) is 0 Å². The maximum absolute atomic E-state index is 5.83. The van der Waals surface area contributed by atoms with E-state index in [0.29, 0.717) is 5.96 Å². The molecule has 22 heavy (non-hydrogen) atoms. The molecule has 0 fully saturated rings. The number of rotatable bonds is 8. The Morgan fingerprint density at radius 3 is 2.64 bits per heavy atom. The van der Waals surface area contributed by atoms with Gasteiger partial charge in [0.2, 0.25) is 0 Å². The van der Waals surface area contributed by atoms with Gasteiger partial charge in [0, 0.05) is 30.2 Å². The molecule has 0 aliphatic carbocycles. The monoisotopic (exact) mass is 430 g/mol. The molecule has 0 aliphatic rings. The molecule has 0 bridgehead atoms. The molecule has 0 aliphatic heterocycles. The number of hydrogen-bond acceptors (Lipinski definition) is 3. The van der Waals surface area contributed by atoms with Gasteiger partial charge in [0.1, 0.15) is 0 Å². The number of nitrogens with one attached hydrogen (secondary N) is 2. The summed E-state index contributed by atoms with van der Waals surface area (Å²) < 4.78 is 0. The van der Waals surface area contributed by atoms with Crippen LogP contribution in [0.5, 0.6) is 0 Å². The Kier molecular flexibility index (Phi) is 9.65. The van der Waals surface area contributed by atoms with Crippen LogP contribution in [0.4, 0.5) is 5.69 Å². The van der Waals surface area contributed by atoms with E-state index in [1.165, 1.54) is 4.88 Å². The minimum Gasteiger partial charge on any atom is -0.385 e. The van der Waals surface area contributed by atoms with Crippen molar-refractivity contribution in [3.8, 4) is 0 Å². The van der Waals surface area contributed by atoms with Gasteiger partial charge in [-0.05, 0) is 36.4 Å². The van der Waals surface area contributed by atoms with Gasteiger partial charge in [-0.25, -0.2) is 0 Å². The van der Waals surface area contributed by atoms with Crippen molar-refractivity contribution < 1.29 is 0 Å². The Bertz CT molecular complexity index is 528. The summed E-state index contributed by atoms with van der Waals surface area (Å²) in [6, 6.07) is 14.4. The molecule has 4 nitrogen and oxygen atoms in total. The number of halogens is 1. The first kappa shape index (κ1) is 18.8. The van der Waals surface area contributed by atoms with Crippen LogP contribution in [0.25, 0.3) is 0 Å². The van der Waals surface area contributed by atoms with Crippen molar-refractivity contribution in [1.82, 2.24) is 5.32 Å². The van der Waals surface area contributed by atoms with Crippen LogP contribution in [0.1, 0.15) is 11.3 Å². The average molecular weight is 430 g/mol. The lowest BCUT2D eigenvalue weighted by Crippen LogP contribution is -2.33. The van der Waals surface area contributed by atoms with Gasteiger partial charge in [0.05, 0.1) is 0 Å². The van der Waals surface area contributed by atoms with Crippen LogP contribution in [-0.4, -0.2) is 25.6 Å². The Morgan fingerprint density at radius 1 is 1.09 bits per heavy atom. The van der Waals surface area contributed by atoms with Crippen molar-refractivity contribution in [2.75, 3.05) is 25.0 Å². The van der Waals surface area contributed by atoms with E-state index >= 15 is 0 Å². The molecule has 6 heteroatoms. The lowest BCUT2D eigenvalue weighted by molar-refractivity contribution is 0.832. The van der Waals surface area contributed by atoms with Crippen LogP contribution < -0.4 is 16.4 Å². The molecule has 1 heterocycles. The molecule has 0 saturated heterocycles. The zero-order chi connectivity index (χ0) is 14.8. The fraction of sp³-hybridized carbons (Fsp3) is 0.312. The summed E-state index contributed by atoms with van der Waals surface area (Å²) in [5.41, 5.74) is 6.97. The van der Waals surface area contributed by atoms with E-state index < -0.39 is 0 Å². The molecule has 2 rings (SSSR count). The zero-order valence-electron chi connectivity index (χ0n) is 12.5. The van der Waals surface area contributed by atoms with E-state index in [4.69, 9.17) is 5.73 Å². The molecule has 0 radical (unpaired) electrons. The fourth-order valence-electron chi connectivity index (χ4n) is 1.89. The Morgan fingerprint density at radius 2 is 1.91 bits per heavy atom. The second kappa shape index (κ2) is 11.3. The van der Waals surface area contributed by atoms with Gasteiger partial charge >= 0.3 is 0 Å². The zero-order valence-corrected chi connectivity index (χ0v) is 15.6. The summed E-state index contributed by atoms with van der Waals surface area (Å²) in [5, 5.41) is 8.58. The van der Waals surface area contributed by atoms with Gasteiger partial charge in [0.15, 0.2) is 5.96 Å². The predicted molar refractivity (Wildman–Crippen MR) is 107 cm³/mol. The van der Waals surface area contributed by atoms with Crippen LogP contribution >= 0.6 is 35.3 Å². The molecule has 2 aromatic rings. The van der Waals surface area contributed by atoms with Gasteiger partial charge in [-0.2, -0.15) is 0 Å².